The lowest BCUT2D eigenvalue weighted by atomic mass is 9.66. The number of anilines is 1. The molecule has 0 spiro atoms. The minimum atomic E-state index is -0.776. The maximum Gasteiger partial charge on any atom is 0.341 e. The number of carbonyl (C=O) groups excluding carboxylic acids is 1. The zero-order chi connectivity index (χ0) is 39.1. The van der Waals surface area contributed by atoms with E-state index in [-0.39, 0.29) is 13.2 Å². The van der Waals surface area contributed by atoms with Crippen molar-refractivity contribution in [2.45, 2.75) is 39.5 Å². The summed E-state index contributed by atoms with van der Waals surface area (Å²) in [6.07, 6.45) is 0.896. The second-order valence-electron chi connectivity index (χ2n) is 14.1. The van der Waals surface area contributed by atoms with Gasteiger partial charge in [-0.2, -0.15) is 0 Å². The molecule has 0 saturated heterocycles. The lowest BCUT2D eigenvalue weighted by Crippen LogP contribution is -2.29. The van der Waals surface area contributed by atoms with Gasteiger partial charge in [0.25, 0.3) is 0 Å². The van der Waals surface area contributed by atoms with Crippen LogP contribution in [-0.2, 0) is 30.8 Å². The first kappa shape index (κ1) is 40.2. The van der Waals surface area contributed by atoms with Crippen molar-refractivity contribution in [2.75, 3.05) is 72.4 Å². The van der Waals surface area contributed by atoms with E-state index in [1.807, 2.05) is 19.1 Å². The Morgan fingerprint density at radius 2 is 1.38 bits per heavy atom. The highest BCUT2D eigenvalue weighted by Crippen LogP contribution is 2.58. The topological polar surface area (TPSA) is 66.5 Å². The Balaban J connectivity index is 1.53. The molecular formula is C47H52BrNO6. The molecule has 1 unspecified atom stereocenters. The number of rotatable bonds is 17. The van der Waals surface area contributed by atoms with Gasteiger partial charge in [0.05, 0.1) is 45.1 Å². The number of nitrogens with zero attached hydrogens (tertiary/aromatic N) is 1. The molecule has 0 N–H and O–H groups in total. The monoisotopic (exact) mass is 805 g/mol. The van der Waals surface area contributed by atoms with Crippen LogP contribution in [0.1, 0.15) is 63.1 Å². The van der Waals surface area contributed by atoms with E-state index in [0.717, 1.165) is 61.1 Å². The van der Waals surface area contributed by atoms with Crippen molar-refractivity contribution in [3.8, 4) is 28.0 Å². The van der Waals surface area contributed by atoms with Crippen molar-refractivity contribution in [1.29, 1.82) is 0 Å². The Labute approximate surface area is 334 Å². The van der Waals surface area contributed by atoms with Crippen LogP contribution < -0.4 is 9.64 Å². The number of hydrogen-bond donors (Lipinski definition) is 0. The van der Waals surface area contributed by atoms with Crippen LogP contribution in [0.2, 0.25) is 0 Å². The van der Waals surface area contributed by atoms with E-state index in [2.05, 4.69) is 135 Å². The molecule has 0 amide bonds. The predicted molar refractivity (Wildman–Crippen MR) is 225 cm³/mol. The van der Waals surface area contributed by atoms with E-state index in [1.54, 1.807) is 7.11 Å². The van der Waals surface area contributed by atoms with E-state index in [1.165, 1.54) is 16.7 Å². The Kier molecular flexibility index (Phi) is 13.1. The van der Waals surface area contributed by atoms with E-state index < -0.39 is 11.4 Å². The standard InChI is InChI=1S/C47H52BrNO6/c1-8-33-26-36(12-10-32(33)4)47(37-13-17-45(42(29-37)46(50)54-9-2)55-23-22-53-21-20-52-19-18-51-7)43-28-34(35-24-31(3)25-39(27-35)49(5)6)11-15-40(43)41-16-14-38(48)30-44(41)47/h10-17,24-30H,8-9,18-23H2,1-7H3. The third kappa shape index (κ3) is 8.38. The summed E-state index contributed by atoms with van der Waals surface area (Å²) in [6, 6.07) is 32.9. The summed E-state index contributed by atoms with van der Waals surface area (Å²) in [4.78, 5) is 16.0. The summed E-state index contributed by atoms with van der Waals surface area (Å²) in [5, 5.41) is 0. The van der Waals surface area contributed by atoms with Crippen molar-refractivity contribution in [1.82, 2.24) is 0 Å². The molecule has 6 rings (SSSR count). The Hall–Kier alpha value is -4.47. The van der Waals surface area contributed by atoms with Crippen molar-refractivity contribution in [2.24, 2.45) is 0 Å². The lowest BCUT2D eigenvalue weighted by molar-refractivity contribution is 0.0178. The van der Waals surface area contributed by atoms with Crippen molar-refractivity contribution in [3.05, 3.63) is 140 Å². The maximum absolute atomic E-state index is 13.8. The molecule has 0 saturated carbocycles. The highest BCUT2D eigenvalue weighted by Gasteiger charge is 2.47. The van der Waals surface area contributed by atoms with Crippen molar-refractivity contribution >= 4 is 27.6 Å². The number of ether oxygens (including phenoxy) is 5. The molecule has 1 aliphatic carbocycles. The SMILES string of the molecule is CCOC(=O)c1cc(C2(c3ccc(C)c(CC)c3)c3cc(Br)ccc3-c3ccc(-c4cc(C)cc(N(C)C)c4)cc32)ccc1OCCOCCOCCOC. The second-order valence-corrected chi connectivity index (χ2v) is 15.1. The molecular weight excluding hydrogens is 754 g/mol. The molecule has 0 aromatic heterocycles. The normalized spacial score (nSPS) is 14.4. The quantitative estimate of drug-likeness (QED) is 0.0672. The van der Waals surface area contributed by atoms with Crippen LogP contribution in [0.3, 0.4) is 0 Å². The van der Waals surface area contributed by atoms with Gasteiger partial charge in [0, 0.05) is 31.4 Å². The van der Waals surface area contributed by atoms with Crippen LogP contribution in [0.15, 0.2) is 95.5 Å². The molecule has 5 aromatic carbocycles. The second kappa shape index (κ2) is 18.0. The zero-order valence-corrected chi connectivity index (χ0v) is 34.7. The number of carbonyl (C=O) groups is 1. The van der Waals surface area contributed by atoms with Gasteiger partial charge in [0.1, 0.15) is 17.9 Å². The lowest BCUT2D eigenvalue weighted by Gasteiger charge is -2.35. The Bertz CT molecular complexity index is 2150. The van der Waals surface area contributed by atoms with Crippen molar-refractivity contribution in [3.63, 3.8) is 0 Å². The largest absolute Gasteiger partial charge is 0.490 e. The fourth-order valence-corrected chi connectivity index (χ4v) is 8.03. The highest BCUT2D eigenvalue weighted by atomic mass is 79.9. The van der Waals surface area contributed by atoms with E-state index in [9.17, 15) is 4.79 Å². The molecule has 0 radical (unpaired) electrons. The molecule has 0 heterocycles. The fraction of sp³-hybridized carbons (Fsp3) is 0.340. The Morgan fingerprint density at radius 1 is 0.709 bits per heavy atom. The third-order valence-electron chi connectivity index (χ3n) is 10.4. The van der Waals surface area contributed by atoms with Gasteiger partial charge >= 0.3 is 5.97 Å². The fourth-order valence-electron chi connectivity index (χ4n) is 7.67. The van der Waals surface area contributed by atoms with Crippen LogP contribution in [0, 0.1) is 13.8 Å². The maximum atomic E-state index is 13.8. The van der Waals surface area contributed by atoms with Gasteiger partial charge in [-0.3, -0.25) is 0 Å². The van der Waals surface area contributed by atoms with Gasteiger partial charge in [0.2, 0.25) is 0 Å². The number of esters is 1. The minimum Gasteiger partial charge on any atom is -0.490 e. The van der Waals surface area contributed by atoms with Crippen LogP contribution in [0.5, 0.6) is 5.75 Å². The van der Waals surface area contributed by atoms with E-state index >= 15 is 0 Å². The molecule has 0 aliphatic heterocycles. The first-order chi connectivity index (χ1) is 26.6. The van der Waals surface area contributed by atoms with Gasteiger partial charge in [0.15, 0.2) is 0 Å². The van der Waals surface area contributed by atoms with E-state index in [0.29, 0.717) is 44.3 Å². The molecule has 1 atom stereocenters. The summed E-state index contributed by atoms with van der Waals surface area (Å²) in [5.41, 5.74) is 13.4. The number of benzene rings is 5. The minimum absolute atomic E-state index is 0.241. The van der Waals surface area contributed by atoms with Gasteiger partial charge in [-0.1, -0.05) is 71.4 Å². The number of methoxy groups -OCH3 is 1. The summed E-state index contributed by atoms with van der Waals surface area (Å²) in [6.45, 7) is 11.1. The number of hydrogen-bond acceptors (Lipinski definition) is 7. The summed E-state index contributed by atoms with van der Waals surface area (Å²) < 4.78 is 29.1. The van der Waals surface area contributed by atoms with Crippen LogP contribution >= 0.6 is 15.9 Å². The summed E-state index contributed by atoms with van der Waals surface area (Å²) in [7, 11) is 5.80. The predicted octanol–water partition coefficient (Wildman–Crippen LogP) is 9.96. The van der Waals surface area contributed by atoms with Gasteiger partial charge in [-0.25, -0.2) is 4.79 Å². The van der Waals surface area contributed by atoms with Gasteiger partial charge in [-0.05, 0) is 131 Å². The average molecular weight is 807 g/mol. The number of aryl methyl sites for hydroxylation is 3. The molecule has 55 heavy (non-hydrogen) atoms. The smallest absolute Gasteiger partial charge is 0.341 e. The number of fused-ring (bicyclic) bond motifs is 3. The van der Waals surface area contributed by atoms with Crippen LogP contribution in [0.25, 0.3) is 22.3 Å². The van der Waals surface area contributed by atoms with E-state index in [4.69, 9.17) is 23.7 Å². The molecule has 7 nitrogen and oxygen atoms in total. The molecule has 288 valence electrons. The van der Waals surface area contributed by atoms with Gasteiger partial charge in [-0.15, -0.1) is 0 Å². The first-order valence-corrected chi connectivity index (χ1v) is 19.8. The molecule has 0 fully saturated rings. The average Bonchev–Trinajstić information content (AvgIpc) is 3.46. The first-order valence-electron chi connectivity index (χ1n) is 19.1. The number of halogens is 1. The van der Waals surface area contributed by atoms with Gasteiger partial charge < -0.3 is 28.6 Å². The van der Waals surface area contributed by atoms with Crippen LogP contribution in [0.4, 0.5) is 5.69 Å². The highest BCUT2D eigenvalue weighted by molar-refractivity contribution is 9.10. The zero-order valence-electron chi connectivity index (χ0n) is 33.1. The molecule has 0 bridgehead atoms. The van der Waals surface area contributed by atoms with Crippen molar-refractivity contribution < 1.29 is 28.5 Å². The van der Waals surface area contributed by atoms with Crippen LogP contribution in [-0.4, -0.2) is 73.4 Å². The third-order valence-corrected chi connectivity index (χ3v) is 10.9. The molecule has 1 aliphatic rings. The summed E-state index contributed by atoms with van der Waals surface area (Å²) >= 11 is 3.83. The Morgan fingerprint density at radius 3 is 2.09 bits per heavy atom. The summed E-state index contributed by atoms with van der Waals surface area (Å²) in [5.74, 6) is 0.0189. The molecule has 8 heteroatoms. The molecule has 5 aromatic rings.